The molecule has 5 nitrogen and oxygen atoms in total. The molecule has 1 aliphatic heterocycles. The molecule has 2 heterocycles. The maximum Gasteiger partial charge on any atom is 0.228 e. The fourth-order valence-corrected chi connectivity index (χ4v) is 8.67. The van der Waals surface area contributed by atoms with Crippen molar-refractivity contribution in [3.63, 3.8) is 0 Å². The number of carbonyl (C=O) groups excluding carboxylic acids is 2. The second-order valence-electron chi connectivity index (χ2n) is 11.4. The van der Waals surface area contributed by atoms with E-state index in [1.54, 1.807) is 11.1 Å². The maximum absolute atomic E-state index is 13.2. The van der Waals surface area contributed by atoms with E-state index in [2.05, 4.69) is 18.8 Å². The number of pyridine rings is 1. The molecule has 4 aliphatic rings. The zero-order chi connectivity index (χ0) is 23.5. The molecule has 1 saturated heterocycles. The molecular formula is C27H36ClN3O2. The van der Waals surface area contributed by atoms with Crippen molar-refractivity contribution < 1.29 is 9.59 Å². The van der Waals surface area contributed by atoms with Crippen LogP contribution in [0.15, 0.2) is 35.1 Å². The fraction of sp³-hybridized carbons (Fsp3) is 0.667. The molecule has 178 valence electrons. The highest BCUT2D eigenvalue weighted by Gasteiger charge is 2.60. The van der Waals surface area contributed by atoms with Crippen molar-refractivity contribution in [3.05, 3.63) is 35.1 Å². The smallest absolute Gasteiger partial charge is 0.228 e. The third kappa shape index (κ3) is 3.45. The van der Waals surface area contributed by atoms with Crippen molar-refractivity contribution in [2.24, 2.45) is 34.5 Å². The van der Waals surface area contributed by atoms with Crippen LogP contribution in [0.5, 0.6) is 0 Å². The molecule has 2 amide bonds. The first-order valence-electron chi connectivity index (χ1n) is 12.5. The number of hydrogen-bond donors (Lipinski definition) is 0. The molecule has 6 atom stereocenters. The van der Waals surface area contributed by atoms with Crippen LogP contribution in [0.3, 0.4) is 0 Å². The summed E-state index contributed by atoms with van der Waals surface area (Å²) in [5, 5.41) is 0.896. The van der Waals surface area contributed by atoms with Gasteiger partial charge < -0.3 is 4.90 Å². The van der Waals surface area contributed by atoms with Crippen LogP contribution in [-0.4, -0.2) is 35.8 Å². The van der Waals surface area contributed by atoms with Gasteiger partial charge >= 0.3 is 0 Å². The number of rotatable bonds is 3. The average Bonchev–Trinajstić information content (AvgIpc) is 3.13. The molecule has 0 bridgehead atoms. The Morgan fingerprint density at radius 2 is 2.00 bits per heavy atom. The predicted octanol–water partition coefficient (Wildman–Crippen LogP) is 5.61. The summed E-state index contributed by atoms with van der Waals surface area (Å²) in [6.45, 7) is 4.79. The van der Waals surface area contributed by atoms with E-state index >= 15 is 0 Å². The summed E-state index contributed by atoms with van der Waals surface area (Å²) in [7, 11) is 3.74. The Morgan fingerprint density at radius 3 is 2.73 bits per heavy atom. The van der Waals surface area contributed by atoms with Gasteiger partial charge in [0.1, 0.15) is 5.82 Å². The Bertz CT molecular complexity index is 994. The van der Waals surface area contributed by atoms with Gasteiger partial charge in [-0.2, -0.15) is 0 Å². The van der Waals surface area contributed by atoms with Crippen LogP contribution in [0.1, 0.15) is 65.2 Å². The minimum atomic E-state index is -0.0168. The Labute approximate surface area is 202 Å². The minimum absolute atomic E-state index is 0.0168. The van der Waals surface area contributed by atoms with E-state index in [1.165, 1.54) is 6.42 Å². The van der Waals surface area contributed by atoms with E-state index in [1.807, 2.05) is 37.2 Å². The first-order valence-corrected chi connectivity index (χ1v) is 12.9. The average molecular weight is 470 g/mol. The monoisotopic (exact) mass is 469 g/mol. The fourth-order valence-electron chi connectivity index (χ4n) is 8.15. The van der Waals surface area contributed by atoms with Gasteiger partial charge in [-0.1, -0.05) is 31.5 Å². The summed E-state index contributed by atoms with van der Waals surface area (Å²) in [4.78, 5) is 33.5. The summed E-state index contributed by atoms with van der Waals surface area (Å²) in [5.41, 5.74) is 1.24. The zero-order valence-electron chi connectivity index (χ0n) is 20.3. The number of anilines is 1. The lowest BCUT2D eigenvalue weighted by Crippen LogP contribution is -2.54. The third-order valence-electron chi connectivity index (χ3n) is 10.0. The van der Waals surface area contributed by atoms with Crippen LogP contribution >= 0.6 is 11.6 Å². The summed E-state index contributed by atoms with van der Waals surface area (Å²) in [5.74, 6) is 3.15. The minimum Gasteiger partial charge on any atom is -0.318 e. The van der Waals surface area contributed by atoms with Gasteiger partial charge in [0.25, 0.3) is 0 Å². The number of amides is 2. The van der Waals surface area contributed by atoms with Crippen LogP contribution < -0.4 is 4.90 Å². The largest absolute Gasteiger partial charge is 0.318 e. The lowest BCUT2D eigenvalue weighted by atomic mass is 9.49. The van der Waals surface area contributed by atoms with Crippen LogP contribution in [0, 0.1) is 34.5 Å². The number of aromatic nitrogens is 1. The van der Waals surface area contributed by atoms with Crippen molar-refractivity contribution in [2.75, 3.05) is 19.0 Å². The van der Waals surface area contributed by atoms with E-state index in [4.69, 9.17) is 11.6 Å². The lowest BCUT2D eigenvalue weighted by molar-refractivity contribution is -0.136. The molecule has 6 heteroatoms. The quantitative estimate of drug-likeness (QED) is 0.578. The van der Waals surface area contributed by atoms with E-state index in [0.717, 1.165) is 42.8 Å². The SMILES string of the molecule is CN1C(=O)CC[C@@]2(C)C1=C(Cl)CC1C2CC[C@]2(C)[C@@H](CC(=O)N(C)c3ccccn3)CC[C@@H]12. The second kappa shape index (κ2) is 8.11. The number of likely N-dealkylation sites (tertiary alicyclic amines) is 1. The highest BCUT2D eigenvalue weighted by Crippen LogP contribution is 2.67. The van der Waals surface area contributed by atoms with Gasteiger partial charge in [-0.3, -0.25) is 14.5 Å². The van der Waals surface area contributed by atoms with Crippen molar-refractivity contribution in [1.82, 2.24) is 9.88 Å². The second-order valence-corrected chi connectivity index (χ2v) is 11.8. The number of halogens is 1. The van der Waals surface area contributed by atoms with Crippen molar-refractivity contribution in [2.45, 2.75) is 65.2 Å². The standard InChI is InChI=1S/C27H36ClN3O2/c1-26-12-10-20-18(16-21(28)25-27(20,2)13-11-23(32)31(25)4)19(26)9-8-17(26)15-24(33)30(3)22-7-5-6-14-29-22/h5-7,14,17-20H,8-13,15-16H2,1-4H3/t17-,18?,19+,20?,26-,27-/m1/s1. The first-order chi connectivity index (χ1) is 15.7. The van der Waals surface area contributed by atoms with Gasteiger partial charge in [0.2, 0.25) is 11.8 Å². The van der Waals surface area contributed by atoms with E-state index < -0.39 is 0 Å². The highest BCUT2D eigenvalue weighted by atomic mass is 35.5. The molecule has 2 unspecified atom stereocenters. The maximum atomic E-state index is 13.2. The molecule has 0 radical (unpaired) electrons. The van der Waals surface area contributed by atoms with Crippen molar-refractivity contribution in [3.8, 4) is 0 Å². The summed E-state index contributed by atoms with van der Waals surface area (Å²) in [6, 6.07) is 5.69. The topological polar surface area (TPSA) is 53.5 Å². The molecule has 1 aromatic heterocycles. The number of nitrogens with zero attached hydrogens (tertiary/aromatic N) is 3. The lowest BCUT2D eigenvalue weighted by Gasteiger charge is -2.59. The summed E-state index contributed by atoms with van der Waals surface area (Å²) < 4.78 is 0. The van der Waals surface area contributed by atoms with Crippen LogP contribution in [-0.2, 0) is 9.59 Å². The molecule has 33 heavy (non-hydrogen) atoms. The van der Waals surface area contributed by atoms with Gasteiger partial charge in [-0.25, -0.2) is 4.98 Å². The Kier molecular flexibility index (Phi) is 5.63. The summed E-state index contributed by atoms with van der Waals surface area (Å²) >= 11 is 6.94. The predicted molar refractivity (Wildman–Crippen MR) is 130 cm³/mol. The molecule has 0 aromatic carbocycles. The third-order valence-corrected chi connectivity index (χ3v) is 10.4. The number of allylic oxidation sites excluding steroid dienone is 2. The normalized spacial score (nSPS) is 38.0. The number of piperidine rings is 1. The van der Waals surface area contributed by atoms with Crippen molar-refractivity contribution in [1.29, 1.82) is 0 Å². The van der Waals surface area contributed by atoms with Gasteiger partial charge in [0.05, 0.1) is 0 Å². The van der Waals surface area contributed by atoms with Crippen LogP contribution in [0.4, 0.5) is 5.82 Å². The molecule has 0 spiro atoms. The Morgan fingerprint density at radius 1 is 1.21 bits per heavy atom. The number of fused-ring (bicyclic) bond motifs is 5. The van der Waals surface area contributed by atoms with Gasteiger partial charge in [-0.15, -0.1) is 0 Å². The molecule has 5 rings (SSSR count). The van der Waals surface area contributed by atoms with E-state index in [0.29, 0.717) is 42.3 Å². The molecule has 3 aliphatic carbocycles. The molecule has 0 N–H and O–H groups in total. The molecule has 1 aromatic rings. The summed E-state index contributed by atoms with van der Waals surface area (Å²) in [6.07, 6.45) is 9.31. The van der Waals surface area contributed by atoms with Gasteiger partial charge in [-0.05, 0) is 79.7 Å². The number of hydrogen-bond acceptors (Lipinski definition) is 3. The van der Waals surface area contributed by atoms with E-state index in [-0.39, 0.29) is 22.6 Å². The highest BCUT2D eigenvalue weighted by molar-refractivity contribution is 6.30. The number of carbonyl (C=O) groups is 2. The Hall–Kier alpha value is -1.88. The molecule has 3 fully saturated rings. The molecular weight excluding hydrogens is 434 g/mol. The Balaban J connectivity index is 1.37. The van der Waals surface area contributed by atoms with Gasteiger partial charge in [0.15, 0.2) is 0 Å². The van der Waals surface area contributed by atoms with E-state index in [9.17, 15) is 9.59 Å². The van der Waals surface area contributed by atoms with Gasteiger partial charge in [0, 0.05) is 49.3 Å². The molecule has 2 saturated carbocycles. The first kappa shape index (κ1) is 22.9. The van der Waals surface area contributed by atoms with Crippen molar-refractivity contribution >= 4 is 29.2 Å². The van der Waals surface area contributed by atoms with Crippen LogP contribution in [0.25, 0.3) is 0 Å². The zero-order valence-corrected chi connectivity index (χ0v) is 21.1. The van der Waals surface area contributed by atoms with Crippen LogP contribution in [0.2, 0.25) is 0 Å².